The van der Waals surface area contributed by atoms with Gasteiger partial charge in [0.25, 0.3) is 47.0 Å². The standard InChI is InChI=1S/C36H30N12O8/c1-49-29-30(50-2)42-22-14-10-16-24-26(46-34(54-6)33(44-24)53-5)18(39-16)12-20-28-27(47-35(55-7)36(48-28)56-8)19(40-20)11-17-25-23(43-31(51-3)32(45-25)52-4)15(38-17)9-13(37-14)21(22)41-29/h9-12,37,40H,1-8H3. The number of rotatable bonds is 8. The molecule has 0 unspecified atom stereocenters. The summed E-state index contributed by atoms with van der Waals surface area (Å²) in [5, 5.41) is 0. The Kier molecular flexibility index (Phi) is 7.95. The lowest BCUT2D eigenvalue weighted by molar-refractivity contribution is 0.332. The van der Waals surface area contributed by atoms with Crippen LogP contribution in [0.3, 0.4) is 0 Å². The largest absolute Gasteiger partial charge is 0.477 e. The zero-order valence-corrected chi connectivity index (χ0v) is 31.0. The third-order valence-corrected chi connectivity index (χ3v) is 9.02. The van der Waals surface area contributed by atoms with Crippen molar-refractivity contribution in [1.82, 2.24) is 59.8 Å². The van der Waals surface area contributed by atoms with Gasteiger partial charge in [0.1, 0.15) is 44.8 Å². The number of fused-ring (bicyclic) bond motifs is 20. The number of nitrogens with one attached hydrogen (secondary N) is 2. The normalized spacial score (nSPS) is 11.6. The maximum absolute atomic E-state index is 5.55. The van der Waals surface area contributed by atoms with Crippen molar-refractivity contribution in [2.24, 2.45) is 0 Å². The molecule has 20 nitrogen and oxygen atoms in total. The molecular formula is C36H30N12O8. The average molecular weight is 759 g/mol. The molecule has 7 aromatic rings. The van der Waals surface area contributed by atoms with Crippen molar-refractivity contribution in [2.45, 2.75) is 0 Å². The van der Waals surface area contributed by atoms with Crippen LogP contribution in [0.15, 0.2) is 24.3 Å². The number of hydrogen-bond acceptors (Lipinski definition) is 18. The smallest absolute Gasteiger partial charge is 0.278 e. The topological polar surface area (TPSA) is 234 Å². The van der Waals surface area contributed by atoms with Crippen LogP contribution >= 0.6 is 0 Å². The van der Waals surface area contributed by atoms with Crippen LogP contribution in [-0.4, -0.2) is 117 Å². The summed E-state index contributed by atoms with van der Waals surface area (Å²) in [6.07, 6.45) is 0. The van der Waals surface area contributed by atoms with Crippen LogP contribution in [0.4, 0.5) is 0 Å². The van der Waals surface area contributed by atoms with Crippen molar-refractivity contribution >= 4 is 44.1 Å². The molecule has 0 radical (unpaired) electrons. The minimum atomic E-state index is 0.166. The molecule has 0 aliphatic carbocycles. The van der Waals surface area contributed by atoms with E-state index in [1.165, 1.54) is 56.9 Å². The average Bonchev–Trinajstić information content (AvgIpc) is 3.95. The monoisotopic (exact) mass is 758 g/mol. The van der Waals surface area contributed by atoms with Gasteiger partial charge in [-0.2, -0.15) is 0 Å². The minimum Gasteiger partial charge on any atom is -0.477 e. The molecule has 0 fully saturated rings. The molecule has 0 spiro atoms. The molecule has 282 valence electrons. The molecule has 0 aromatic carbocycles. The molecule has 2 aliphatic heterocycles. The summed E-state index contributed by atoms with van der Waals surface area (Å²) in [5.74, 6) is 1.35. The number of aromatic amines is 2. The summed E-state index contributed by atoms with van der Waals surface area (Å²) in [6.45, 7) is 0. The number of aromatic nitrogens is 12. The van der Waals surface area contributed by atoms with Crippen LogP contribution in [0.25, 0.3) is 89.7 Å². The zero-order valence-electron chi connectivity index (χ0n) is 31.0. The van der Waals surface area contributed by atoms with Gasteiger partial charge in [-0.25, -0.2) is 49.8 Å². The van der Waals surface area contributed by atoms with Gasteiger partial charge >= 0.3 is 0 Å². The Morgan fingerprint density at radius 3 is 0.679 bits per heavy atom. The fourth-order valence-corrected chi connectivity index (χ4v) is 6.51. The van der Waals surface area contributed by atoms with Crippen LogP contribution in [-0.2, 0) is 0 Å². The molecule has 2 N–H and O–H groups in total. The Bertz CT molecular complexity index is 2570. The van der Waals surface area contributed by atoms with Gasteiger partial charge in [0.15, 0.2) is 0 Å². The van der Waals surface area contributed by atoms with E-state index in [0.717, 1.165) is 0 Å². The highest BCUT2D eigenvalue weighted by atomic mass is 16.5. The van der Waals surface area contributed by atoms with E-state index in [2.05, 4.69) is 9.97 Å². The zero-order chi connectivity index (χ0) is 38.8. The summed E-state index contributed by atoms with van der Waals surface area (Å²) in [6, 6.07) is 7.12. The second kappa shape index (κ2) is 13.0. The minimum absolute atomic E-state index is 0.166. The molecule has 2 aliphatic rings. The van der Waals surface area contributed by atoms with Gasteiger partial charge < -0.3 is 47.9 Å². The number of hydrogen-bond donors (Lipinski definition) is 2. The first-order valence-corrected chi connectivity index (χ1v) is 16.7. The van der Waals surface area contributed by atoms with Gasteiger partial charge in [0.2, 0.25) is 0 Å². The van der Waals surface area contributed by atoms with E-state index >= 15 is 0 Å². The van der Waals surface area contributed by atoms with Crippen molar-refractivity contribution in [1.29, 1.82) is 0 Å². The van der Waals surface area contributed by atoms with Gasteiger partial charge in [-0.05, 0) is 24.3 Å². The Morgan fingerprint density at radius 1 is 0.286 bits per heavy atom. The Morgan fingerprint density at radius 2 is 0.482 bits per heavy atom. The third-order valence-electron chi connectivity index (χ3n) is 9.02. The highest BCUT2D eigenvalue weighted by Gasteiger charge is 2.28. The molecule has 56 heavy (non-hydrogen) atoms. The first-order valence-electron chi connectivity index (χ1n) is 16.7. The summed E-state index contributed by atoms with van der Waals surface area (Å²) >= 11 is 0. The van der Waals surface area contributed by atoms with E-state index in [1.54, 1.807) is 24.3 Å². The molecule has 0 amide bonds. The maximum Gasteiger partial charge on any atom is 0.278 e. The molecule has 0 saturated carbocycles. The number of ether oxygens (including phenoxy) is 8. The SMILES string of the molecule is COc1nc2c(nc1OC)-c1cc3[nH]c(cc4nc(cc5[nH]c(cc-2n1)c1nc(OC)c(OC)nc51)-c1nc(OC)c(OC)nc1-4)c1nc(OC)c(OC)nc31. The summed E-state index contributed by atoms with van der Waals surface area (Å²) in [5.41, 5.74) is 7.17. The molecule has 0 atom stereocenters. The van der Waals surface area contributed by atoms with E-state index in [1.807, 2.05) is 0 Å². The quantitative estimate of drug-likeness (QED) is 0.217. The van der Waals surface area contributed by atoms with Gasteiger partial charge in [0, 0.05) is 0 Å². The van der Waals surface area contributed by atoms with Crippen molar-refractivity contribution in [3.8, 4) is 92.6 Å². The van der Waals surface area contributed by atoms with E-state index in [9.17, 15) is 0 Å². The summed E-state index contributed by atoms with van der Waals surface area (Å²) in [7, 11) is 11.9. The number of H-pyrrole nitrogens is 2. The lowest BCUT2D eigenvalue weighted by atomic mass is 10.2. The van der Waals surface area contributed by atoms with Crippen molar-refractivity contribution in [3.63, 3.8) is 0 Å². The van der Waals surface area contributed by atoms with Crippen LogP contribution < -0.4 is 37.9 Å². The molecule has 7 aromatic heterocycles. The Balaban J connectivity index is 1.50. The number of nitrogens with zero attached hydrogens (tertiary/aromatic N) is 10. The van der Waals surface area contributed by atoms with Crippen LogP contribution in [0.1, 0.15) is 0 Å². The fraction of sp³-hybridized carbons (Fsp3) is 0.222. The highest BCUT2D eigenvalue weighted by molar-refractivity contribution is 6.06. The molecule has 0 saturated heterocycles. The predicted octanol–water partition coefficient (Wildman–Crippen LogP) is 4.52. The van der Waals surface area contributed by atoms with E-state index in [-0.39, 0.29) is 47.0 Å². The third kappa shape index (κ3) is 5.13. The predicted molar refractivity (Wildman–Crippen MR) is 200 cm³/mol. The van der Waals surface area contributed by atoms with Crippen molar-refractivity contribution < 1.29 is 37.9 Å². The lowest BCUT2D eigenvalue weighted by Gasteiger charge is -2.07. The van der Waals surface area contributed by atoms with Gasteiger partial charge in [-0.15, -0.1) is 0 Å². The second-order valence-electron chi connectivity index (χ2n) is 12.0. The Hall–Kier alpha value is -7.64. The van der Waals surface area contributed by atoms with E-state index in [0.29, 0.717) is 89.7 Å². The molecule has 20 heteroatoms. The van der Waals surface area contributed by atoms with Crippen LogP contribution in [0.5, 0.6) is 47.0 Å². The van der Waals surface area contributed by atoms with Crippen molar-refractivity contribution in [3.05, 3.63) is 24.3 Å². The Labute approximate surface area is 315 Å². The molecule has 9 rings (SSSR count). The molecule has 8 bridgehead atoms. The van der Waals surface area contributed by atoms with Crippen molar-refractivity contribution in [2.75, 3.05) is 56.9 Å². The van der Waals surface area contributed by atoms with Crippen LogP contribution in [0, 0.1) is 0 Å². The van der Waals surface area contributed by atoms with Gasteiger partial charge in [0.05, 0.1) is 102 Å². The number of methoxy groups -OCH3 is 8. The summed E-state index contributed by atoms with van der Waals surface area (Å²) < 4.78 is 44.4. The lowest BCUT2D eigenvalue weighted by Crippen LogP contribution is -1.99. The fourth-order valence-electron chi connectivity index (χ4n) is 6.51. The summed E-state index contributed by atoms with van der Waals surface area (Å²) in [4.78, 5) is 55.2. The van der Waals surface area contributed by atoms with E-state index in [4.69, 9.17) is 87.7 Å². The first-order chi connectivity index (χ1) is 27.3. The molecular weight excluding hydrogens is 728 g/mol. The second-order valence-corrected chi connectivity index (χ2v) is 12.0. The van der Waals surface area contributed by atoms with Gasteiger partial charge in [-0.1, -0.05) is 0 Å². The first kappa shape index (κ1) is 34.1. The van der Waals surface area contributed by atoms with Crippen LogP contribution in [0.2, 0.25) is 0 Å². The maximum atomic E-state index is 5.55. The van der Waals surface area contributed by atoms with E-state index < -0.39 is 0 Å². The highest BCUT2D eigenvalue weighted by Crippen LogP contribution is 2.42. The molecule has 9 heterocycles. The van der Waals surface area contributed by atoms with Gasteiger partial charge in [-0.3, -0.25) is 0 Å².